The van der Waals surface area contributed by atoms with Gasteiger partial charge in [0.15, 0.2) is 0 Å². The van der Waals surface area contributed by atoms with Crippen LogP contribution in [0.2, 0.25) is 0 Å². The predicted octanol–water partition coefficient (Wildman–Crippen LogP) is 2.50. The fourth-order valence-corrected chi connectivity index (χ4v) is 2.62. The Balaban J connectivity index is 2.30. The maximum absolute atomic E-state index is 10.3. The van der Waals surface area contributed by atoms with Crippen molar-refractivity contribution >= 4 is 11.4 Å². The predicted molar refractivity (Wildman–Crippen MR) is 109 cm³/mol. The molecule has 28 heavy (non-hydrogen) atoms. The van der Waals surface area contributed by atoms with Gasteiger partial charge in [-0.15, -0.1) is 5.11 Å². The van der Waals surface area contributed by atoms with Crippen molar-refractivity contribution in [1.82, 2.24) is 0 Å². The highest BCUT2D eigenvalue weighted by Gasteiger charge is 2.26. The second kappa shape index (κ2) is 9.75. The van der Waals surface area contributed by atoms with Crippen LogP contribution in [0.25, 0.3) is 0 Å². The molecule has 3 atom stereocenters. The Morgan fingerprint density at radius 1 is 0.821 bits per heavy atom. The van der Waals surface area contributed by atoms with Crippen molar-refractivity contribution in [1.29, 1.82) is 0 Å². The number of aliphatic hydroxyl groups is 4. The van der Waals surface area contributed by atoms with E-state index in [1.807, 2.05) is 64.1 Å². The van der Waals surface area contributed by atoms with E-state index in [1.165, 1.54) is 5.01 Å². The fraction of sp³-hybridized carbons (Fsp3) is 0.429. The van der Waals surface area contributed by atoms with Crippen molar-refractivity contribution < 1.29 is 20.4 Å². The fourth-order valence-electron chi connectivity index (χ4n) is 2.62. The Labute approximate surface area is 165 Å². The summed E-state index contributed by atoms with van der Waals surface area (Å²) in [6.07, 6.45) is -4.27. The minimum absolute atomic E-state index is 0.102. The maximum atomic E-state index is 10.3. The van der Waals surface area contributed by atoms with Crippen LogP contribution in [0.3, 0.4) is 0 Å². The first-order valence-corrected chi connectivity index (χ1v) is 9.21. The molecule has 0 fully saturated rings. The van der Waals surface area contributed by atoms with Crippen LogP contribution in [0.1, 0.15) is 22.3 Å². The first-order chi connectivity index (χ1) is 13.2. The van der Waals surface area contributed by atoms with Crippen molar-refractivity contribution in [3.63, 3.8) is 0 Å². The Bertz CT molecular complexity index is 825. The lowest BCUT2D eigenvalue weighted by Gasteiger charge is -2.26. The lowest BCUT2D eigenvalue weighted by molar-refractivity contribution is -0.0732. The largest absolute Gasteiger partial charge is 0.394 e. The van der Waals surface area contributed by atoms with Crippen LogP contribution >= 0.6 is 0 Å². The highest BCUT2D eigenvalue weighted by Crippen LogP contribution is 2.23. The van der Waals surface area contributed by atoms with Crippen LogP contribution in [0.5, 0.6) is 0 Å². The average Bonchev–Trinajstić information content (AvgIpc) is 2.68. The van der Waals surface area contributed by atoms with Gasteiger partial charge in [-0.2, -0.15) is 0 Å². The molecule has 0 saturated heterocycles. The summed E-state index contributed by atoms with van der Waals surface area (Å²) in [6, 6.07) is 11.4. The minimum atomic E-state index is -1.50. The van der Waals surface area contributed by atoms with Gasteiger partial charge >= 0.3 is 0 Å². The van der Waals surface area contributed by atoms with Crippen LogP contribution in [0.4, 0.5) is 11.4 Å². The van der Waals surface area contributed by atoms with E-state index >= 15 is 0 Å². The third kappa shape index (κ3) is 5.59. The normalized spacial score (nSPS) is 14.9. The topological polar surface area (TPSA) is 109 Å². The number of hydrogen-bond acceptors (Lipinski definition) is 6. The molecule has 0 aliphatic carbocycles. The standard InChI is InChI=1S/C21H29N3O4/c1-13-5-7-17(9-15(13)3)22-23-24(11-19(26)21(28)20(27)12-25)18-8-6-14(2)16(4)10-18/h5-10,19-21,25-28H,11-12H2,1-4H3/t19-,20-,21-/m1/s1. The van der Waals surface area contributed by atoms with E-state index in [9.17, 15) is 15.3 Å². The average molecular weight is 387 g/mol. The van der Waals surface area contributed by atoms with Gasteiger partial charge < -0.3 is 20.4 Å². The second-order valence-corrected chi connectivity index (χ2v) is 7.12. The number of benzene rings is 2. The molecule has 4 N–H and O–H groups in total. The zero-order valence-corrected chi connectivity index (χ0v) is 16.7. The summed E-state index contributed by atoms with van der Waals surface area (Å²) in [5.74, 6) is 0. The van der Waals surface area contributed by atoms with E-state index in [0.717, 1.165) is 22.3 Å². The van der Waals surface area contributed by atoms with Gasteiger partial charge in [0.05, 0.1) is 24.5 Å². The van der Waals surface area contributed by atoms with Gasteiger partial charge in [0.25, 0.3) is 0 Å². The highest BCUT2D eigenvalue weighted by molar-refractivity contribution is 5.50. The Kier molecular flexibility index (Phi) is 7.65. The molecule has 2 rings (SSSR count). The maximum Gasteiger partial charge on any atom is 0.110 e. The van der Waals surface area contributed by atoms with Gasteiger partial charge in [-0.05, 0) is 74.2 Å². The number of nitrogens with zero attached hydrogens (tertiary/aromatic N) is 3. The molecular formula is C21H29N3O4. The molecule has 2 aromatic rings. The summed E-state index contributed by atoms with van der Waals surface area (Å²) in [6.45, 7) is 7.23. The molecule has 0 saturated carbocycles. The van der Waals surface area contributed by atoms with E-state index < -0.39 is 24.9 Å². The zero-order valence-electron chi connectivity index (χ0n) is 16.7. The zero-order chi connectivity index (χ0) is 20.8. The van der Waals surface area contributed by atoms with Crippen LogP contribution in [0, 0.1) is 27.7 Å². The SMILES string of the molecule is Cc1ccc(N=NN(C[C@@H](O)[C@@H](O)[C@H](O)CO)c2ccc(C)c(C)c2)cc1C. The third-order valence-corrected chi connectivity index (χ3v) is 4.88. The van der Waals surface area contributed by atoms with Gasteiger partial charge in [0.1, 0.15) is 18.3 Å². The Morgan fingerprint density at radius 2 is 1.43 bits per heavy atom. The Morgan fingerprint density at radius 3 is 2.00 bits per heavy atom. The van der Waals surface area contributed by atoms with Gasteiger partial charge in [0, 0.05) is 0 Å². The molecule has 0 aliphatic heterocycles. The minimum Gasteiger partial charge on any atom is -0.394 e. The van der Waals surface area contributed by atoms with E-state index in [4.69, 9.17) is 5.11 Å². The van der Waals surface area contributed by atoms with Crippen molar-refractivity contribution in [2.45, 2.75) is 46.0 Å². The van der Waals surface area contributed by atoms with Crippen LogP contribution in [-0.4, -0.2) is 51.9 Å². The lowest BCUT2D eigenvalue weighted by Crippen LogP contribution is -2.44. The van der Waals surface area contributed by atoms with Crippen LogP contribution in [-0.2, 0) is 0 Å². The number of aryl methyl sites for hydroxylation is 4. The van der Waals surface area contributed by atoms with E-state index in [1.54, 1.807) is 0 Å². The van der Waals surface area contributed by atoms with Crippen molar-refractivity contribution in [2.24, 2.45) is 10.3 Å². The summed E-state index contributed by atoms with van der Waals surface area (Å²) < 4.78 is 0. The molecule has 0 spiro atoms. The van der Waals surface area contributed by atoms with E-state index in [0.29, 0.717) is 11.4 Å². The number of rotatable bonds is 8. The molecule has 0 bridgehead atoms. The molecule has 7 nitrogen and oxygen atoms in total. The molecule has 0 radical (unpaired) electrons. The molecule has 0 heterocycles. The Hall–Kier alpha value is -2.32. The van der Waals surface area contributed by atoms with Crippen molar-refractivity contribution in [2.75, 3.05) is 18.2 Å². The number of anilines is 1. The third-order valence-electron chi connectivity index (χ3n) is 4.88. The summed E-state index contributed by atoms with van der Waals surface area (Å²) >= 11 is 0. The molecular weight excluding hydrogens is 358 g/mol. The second-order valence-electron chi connectivity index (χ2n) is 7.12. The number of aliphatic hydroxyl groups excluding tert-OH is 4. The van der Waals surface area contributed by atoms with Crippen LogP contribution < -0.4 is 5.01 Å². The summed E-state index contributed by atoms with van der Waals surface area (Å²) in [7, 11) is 0. The molecule has 7 heteroatoms. The summed E-state index contributed by atoms with van der Waals surface area (Å²) in [4.78, 5) is 0. The monoisotopic (exact) mass is 387 g/mol. The van der Waals surface area contributed by atoms with Gasteiger partial charge in [-0.25, -0.2) is 5.01 Å². The van der Waals surface area contributed by atoms with E-state index in [2.05, 4.69) is 10.3 Å². The first-order valence-electron chi connectivity index (χ1n) is 9.21. The van der Waals surface area contributed by atoms with Crippen molar-refractivity contribution in [3.05, 3.63) is 58.7 Å². The molecule has 2 aromatic carbocycles. The summed E-state index contributed by atoms with van der Waals surface area (Å²) in [5.41, 5.74) is 5.78. The molecule has 0 unspecified atom stereocenters. The summed E-state index contributed by atoms with van der Waals surface area (Å²) in [5, 5.41) is 48.8. The van der Waals surface area contributed by atoms with Gasteiger partial charge in [-0.3, -0.25) is 0 Å². The van der Waals surface area contributed by atoms with Gasteiger partial charge in [0.2, 0.25) is 0 Å². The molecule has 0 amide bonds. The molecule has 0 aromatic heterocycles. The first kappa shape index (κ1) is 22.0. The van der Waals surface area contributed by atoms with E-state index in [-0.39, 0.29) is 6.54 Å². The number of hydrogen-bond donors (Lipinski definition) is 4. The van der Waals surface area contributed by atoms with Crippen LogP contribution in [0.15, 0.2) is 46.7 Å². The quantitative estimate of drug-likeness (QED) is 0.411. The smallest absolute Gasteiger partial charge is 0.110 e. The highest BCUT2D eigenvalue weighted by atomic mass is 16.4. The molecule has 0 aliphatic rings. The molecule has 152 valence electrons. The lowest BCUT2D eigenvalue weighted by atomic mass is 10.1. The van der Waals surface area contributed by atoms with Crippen molar-refractivity contribution in [3.8, 4) is 0 Å². The van der Waals surface area contributed by atoms with Gasteiger partial charge in [-0.1, -0.05) is 17.4 Å².